The number of aryl methyl sites for hydroxylation is 1. The van der Waals surface area contributed by atoms with Crippen LogP contribution in [0.2, 0.25) is 0 Å². The van der Waals surface area contributed by atoms with Gasteiger partial charge in [-0.1, -0.05) is 29.8 Å². The molecule has 1 amide bonds. The largest absolute Gasteiger partial charge is 0.322 e. The molecule has 0 aliphatic heterocycles. The van der Waals surface area contributed by atoms with E-state index < -0.39 is 17.7 Å². The molecule has 0 radical (unpaired) electrons. The van der Waals surface area contributed by atoms with Crippen LogP contribution in [0.1, 0.15) is 36.9 Å². The summed E-state index contributed by atoms with van der Waals surface area (Å²) in [4.78, 5) is 12.4. The molecule has 1 saturated carbocycles. The highest BCUT2D eigenvalue weighted by Crippen LogP contribution is 2.41. The molecule has 2 aromatic carbocycles. The van der Waals surface area contributed by atoms with Crippen molar-refractivity contribution < 1.29 is 13.6 Å². The summed E-state index contributed by atoms with van der Waals surface area (Å²) in [5, 5.41) is 5.80. The Kier molecular flexibility index (Phi) is 5.13. The van der Waals surface area contributed by atoms with Gasteiger partial charge < -0.3 is 5.32 Å². The van der Waals surface area contributed by atoms with E-state index >= 15 is 0 Å². The maximum atomic E-state index is 13.7. The minimum atomic E-state index is -0.653. The van der Waals surface area contributed by atoms with E-state index in [0.717, 1.165) is 36.6 Å². The number of halogens is 2. The molecule has 5 heteroatoms. The Bertz CT molecular complexity index is 757. The highest BCUT2D eigenvalue weighted by atomic mass is 19.1. The number of benzene rings is 2. The number of hydrogen-bond acceptors (Lipinski definition) is 2. The molecule has 2 unspecified atom stereocenters. The van der Waals surface area contributed by atoms with Gasteiger partial charge in [0.25, 0.3) is 0 Å². The predicted octanol–water partition coefficient (Wildman–Crippen LogP) is 4.34. The molecule has 132 valence electrons. The maximum absolute atomic E-state index is 13.7. The van der Waals surface area contributed by atoms with Gasteiger partial charge in [0, 0.05) is 12.1 Å². The number of carbonyl (C=O) groups is 1. The molecule has 25 heavy (non-hydrogen) atoms. The molecule has 1 aliphatic rings. The average Bonchev–Trinajstić information content (AvgIpc) is 3.41. The Morgan fingerprint density at radius 3 is 2.44 bits per heavy atom. The Hall–Kier alpha value is -2.27. The lowest BCUT2D eigenvalue weighted by Crippen LogP contribution is -2.41. The van der Waals surface area contributed by atoms with Gasteiger partial charge in [-0.2, -0.15) is 0 Å². The predicted molar refractivity (Wildman–Crippen MR) is 94.2 cm³/mol. The summed E-state index contributed by atoms with van der Waals surface area (Å²) < 4.78 is 26.9. The molecule has 0 bridgehead atoms. The zero-order chi connectivity index (χ0) is 18.0. The molecule has 2 atom stereocenters. The Morgan fingerprint density at radius 2 is 1.80 bits per heavy atom. The summed E-state index contributed by atoms with van der Waals surface area (Å²) in [5.41, 5.74) is 2.19. The van der Waals surface area contributed by atoms with Crippen molar-refractivity contribution in [1.82, 2.24) is 5.32 Å². The lowest BCUT2D eigenvalue weighted by Gasteiger charge is -2.23. The molecule has 2 N–H and O–H groups in total. The van der Waals surface area contributed by atoms with E-state index in [1.54, 1.807) is 6.92 Å². The molecule has 2 aromatic rings. The van der Waals surface area contributed by atoms with Crippen LogP contribution in [0.4, 0.5) is 14.5 Å². The maximum Gasteiger partial charge on any atom is 0.241 e. The number of hydrogen-bond donors (Lipinski definition) is 2. The van der Waals surface area contributed by atoms with Crippen molar-refractivity contribution in [2.45, 2.75) is 38.8 Å². The van der Waals surface area contributed by atoms with E-state index in [9.17, 15) is 13.6 Å². The fourth-order valence-electron chi connectivity index (χ4n) is 2.89. The van der Waals surface area contributed by atoms with Crippen LogP contribution >= 0.6 is 0 Å². The minimum Gasteiger partial charge on any atom is -0.322 e. The molecule has 0 spiro atoms. The highest BCUT2D eigenvalue weighted by molar-refractivity contribution is 5.94. The number of rotatable bonds is 6. The summed E-state index contributed by atoms with van der Waals surface area (Å²) in [5.74, 6) is -1.13. The Balaban J connectivity index is 1.68. The molecule has 1 fully saturated rings. The van der Waals surface area contributed by atoms with Crippen molar-refractivity contribution in [2.24, 2.45) is 5.92 Å². The topological polar surface area (TPSA) is 41.1 Å². The fourth-order valence-corrected chi connectivity index (χ4v) is 2.89. The number of carbonyl (C=O) groups excluding carboxylic acids is 1. The van der Waals surface area contributed by atoms with Crippen LogP contribution in [0.5, 0.6) is 0 Å². The van der Waals surface area contributed by atoms with Gasteiger partial charge in [-0.3, -0.25) is 10.1 Å². The molecule has 3 nitrogen and oxygen atoms in total. The Labute approximate surface area is 146 Å². The zero-order valence-electron chi connectivity index (χ0n) is 14.4. The molecular formula is C20H22F2N2O. The monoisotopic (exact) mass is 344 g/mol. The second-order valence-electron chi connectivity index (χ2n) is 6.73. The lowest BCUT2D eigenvalue weighted by atomic mass is 10.00. The molecule has 1 aliphatic carbocycles. The third kappa shape index (κ3) is 4.42. The minimum absolute atomic E-state index is 0.0821. The summed E-state index contributed by atoms with van der Waals surface area (Å²) in [6.07, 6.45) is 2.25. The summed E-state index contributed by atoms with van der Waals surface area (Å²) in [6.45, 7) is 3.77. The van der Waals surface area contributed by atoms with E-state index in [2.05, 4.69) is 34.9 Å². The summed E-state index contributed by atoms with van der Waals surface area (Å²) >= 11 is 0. The smallest absolute Gasteiger partial charge is 0.241 e. The third-order valence-electron chi connectivity index (χ3n) is 4.54. The standard InChI is InChI=1S/C20H22F2N2O/c1-12-3-5-14(6-4-12)19(15-7-8-15)23-13(2)20(25)24-18-11-16(21)9-10-17(18)22/h3-6,9-11,13,15,19,23H,7-8H2,1-2H3,(H,24,25). The first kappa shape index (κ1) is 17.5. The van der Waals surface area contributed by atoms with Crippen LogP contribution < -0.4 is 10.6 Å². The van der Waals surface area contributed by atoms with Gasteiger partial charge >= 0.3 is 0 Å². The van der Waals surface area contributed by atoms with Gasteiger partial charge in [-0.25, -0.2) is 8.78 Å². The summed E-state index contributed by atoms with van der Waals surface area (Å²) in [6, 6.07) is 10.8. The first-order valence-electron chi connectivity index (χ1n) is 8.52. The number of nitrogens with one attached hydrogen (secondary N) is 2. The van der Waals surface area contributed by atoms with Gasteiger partial charge in [0.2, 0.25) is 5.91 Å². The second kappa shape index (κ2) is 7.31. The summed E-state index contributed by atoms with van der Waals surface area (Å²) in [7, 11) is 0. The van der Waals surface area contributed by atoms with Gasteiger partial charge in [0.15, 0.2) is 0 Å². The highest BCUT2D eigenvalue weighted by Gasteiger charge is 2.34. The quantitative estimate of drug-likeness (QED) is 0.818. The van der Waals surface area contributed by atoms with Crippen molar-refractivity contribution in [2.75, 3.05) is 5.32 Å². The van der Waals surface area contributed by atoms with E-state index in [1.807, 2.05) is 6.92 Å². The van der Waals surface area contributed by atoms with Crippen LogP contribution in [0.15, 0.2) is 42.5 Å². The van der Waals surface area contributed by atoms with Crippen LogP contribution in [0.25, 0.3) is 0 Å². The van der Waals surface area contributed by atoms with Crippen molar-refractivity contribution in [1.29, 1.82) is 0 Å². The SMILES string of the molecule is Cc1ccc(C(NC(C)C(=O)Nc2cc(F)ccc2F)C2CC2)cc1. The van der Waals surface area contributed by atoms with Crippen LogP contribution in [0, 0.1) is 24.5 Å². The van der Waals surface area contributed by atoms with E-state index in [1.165, 1.54) is 5.56 Å². The Morgan fingerprint density at radius 1 is 1.12 bits per heavy atom. The van der Waals surface area contributed by atoms with Crippen LogP contribution in [-0.4, -0.2) is 11.9 Å². The average molecular weight is 344 g/mol. The van der Waals surface area contributed by atoms with Crippen molar-refractivity contribution in [3.63, 3.8) is 0 Å². The van der Waals surface area contributed by atoms with Gasteiger partial charge in [-0.05, 0) is 50.3 Å². The van der Waals surface area contributed by atoms with Crippen LogP contribution in [0.3, 0.4) is 0 Å². The van der Waals surface area contributed by atoms with E-state index in [-0.39, 0.29) is 17.6 Å². The zero-order valence-corrected chi connectivity index (χ0v) is 14.4. The first-order chi connectivity index (χ1) is 11.9. The number of amides is 1. The molecule has 0 saturated heterocycles. The number of anilines is 1. The van der Waals surface area contributed by atoms with Crippen molar-refractivity contribution in [3.05, 3.63) is 65.2 Å². The third-order valence-corrected chi connectivity index (χ3v) is 4.54. The van der Waals surface area contributed by atoms with E-state index in [0.29, 0.717) is 5.92 Å². The van der Waals surface area contributed by atoms with Gasteiger partial charge in [0.1, 0.15) is 11.6 Å². The molecular weight excluding hydrogens is 322 g/mol. The van der Waals surface area contributed by atoms with Crippen molar-refractivity contribution in [3.8, 4) is 0 Å². The molecule has 0 aromatic heterocycles. The van der Waals surface area contributed by atoms with Gasteiger partial charge in [-0.15, -0.1) is 0 Å². The molecule has 0 heterocycles. The normalized spacial score (nSPS) is 16.3. The lowest BCUT2D eigenvalue weighted by molar-refractivity contribution is -0.118. The van der Waals surface area contributed by atoms with E-state index in [4.69, 9.17) is 0 Å². The molecule has 3 rings (SSSR count). The first-order valence-corrected chi connectivity index (χ1v) is 8.52. The van der Waals surface area contributed by atoms with Crippen molar-refractivity contribution >= 4 is 11.6 Å². The fraction of sp³-hybridized carbons (Fsp3) is 0.350. The van der Waals surface area contributed by atoms with Crippen LogP contribution in [-0.2, 0) is 4.79 Å². The second-order valence-corrected chi connectivity index (χ2v) is 6.73. The van der Waals surface area contributed by atoms with Gasteiger partial charge in [0.05, 0.1) is 11.7 Å².